The van der Waals surface area contributed by atoms with E-state index in [2.05, 4.69) is 4.18 Å². The summed E-state index contributed by atoms with van der Waals surface area (Å²) in [6.07, 6.45) is 0.334. The fourth-order valence-corrected chi connectivity index (χ4v) is 1.45. The Morgan fingerprint density at radius 1 is 1.43 bits per heavy atom. The Bertz CT molecular complexity index is 409. The van der Waals surface area contributed by atoms with Crippen LogP contribution in [0.25, 0.3) is 0 Å². The van der Waals surface area contributed by atoms with E-state index in [1.807, 2.05) is 0 Å². The molecule has 14 heavy (non-hydrogen) atoms. The number of rotatable bonds is 3. The van der Waals surface area contributed by atoms with Gasteiger partial charge in [0.25, 0.3) is 0 Å². The van der Waals surface area contributed by atoms with E-state index in [-0.39, 0.29) is 5.75 Å². The van der Waals surface area contributed by atoms with Crippen LogP contribution in [0.3, 0.4) is 0 Å². The van der Waals surface area contributed by atoms with E-state index in [9.17, 15) is 13.5 Å². The maximum absolute atomic E-state index is 10.8. The number of hydrogen-bond acceptors (Lipinski definition) is 4. The van der Waals surface area contributed by atoms with Gasteiger partial charge in [-0.05, 0) is 24.6 Å². The highest BCUT2D eigenvalue weighted by Gasteiger charge is 2.06. The van der Waals surface area contributed by atoms with Gasteiger partial charge < -0.3 is 9.29 Å². The molecule has 0 heterocycles. The summed E-state index contributed by atoms with van der Waals surface area (Å²) in [6.45, 7) is 1.60. The van der Waals surface area contributed by atoms with E-state index in [0.717, 1.165) is 6.26 Å². The summed E-state index contributed by atoms with van der Waals surface area (Å²) in [6, 6.07) is 6.33. The van der Waals surface area contributed by atoms with Gasteiger partial charge in [0.1, 0.15) is 5.75 Å². The van der Waals surface area contributed by atoms with E-state index >= 15 is 0 Å². The molecule has 4 nitrogen and oxygen atoms in total. The fraction of sp³-hybridized carbons (Fsp3) is 0.333. The molecule has 1 aromatic rings. The maximum Gasteiger partial charge on any atom is 0.306 e. The highest BCUT2D eigenvalue weighted by Crippen LogP contribution is 2.19. The van der Waals surface area contributed by atoms with E-state index in [0.29, 0.717) is 5.56 Å². The van der Waals surface area contributed by atoms with Crippen LogP contribution in [0.4, 0.5) is 0 Å². The molecule has 0 unspecified atom stereocenters. The molecule has 0 spiro atoms. The highest BCUT2D eigenvalue weighted by molar-refractivity contribution is 7.86. The lowest BCUT2D eigenvalue weighted by Gasteiger charge is -2.07. The molecule has 1 atom stereocenters. The van der Waals surface area contributed by atoms with Crippen molar-refractivity contribution in [2.24, 2.45) is 0 Å². The van der Waals surface area contributed by atoms with Gasteiger partial charge in [-0.2, -0.15) is 8.42 Å². The van der Waals surface area contributed by atoms with Crippen LogP contribution in [-0.4, -0.2) is 19.8 Å². The number of hydrogen-bond donors (Lipinski definition) is 1. The number of aliphatic hydroxyl groups excluding tert-OH is 1. The summed E-state index contributed by atoms with van der Waals surface area (Å²) in [5, 5.41) is 9.24. The lowest BCUT2D eigenvalue weighted by atomic mass is 10.1. The molecule has 1 aromatic carbocycles. The van der Waals surface area contributed by atoms with Crippen molar-refractivity contribution in [2.75, 3.05) is 6.26 Å². The lowest BCUT2D eigenvalue weighted by molar-refractivity contribution is 0.199. The average Bonchev–Trinajstić information content (AvgIpc) is 2.01. The highest BCUT2D eigenvalue weighted by atomic mass is 32.2. The lowest BCUT2D eigenvalue weighted by Crippen LogP contribution is -2.06. The summed E-state index contributed by atoms with van der Waals surface area (Å²) in [5.74, 6) is 0.214. The molecule has 0 amide bonds. The molecule has 5 heteroatoms. The minimum atomic E-state index is -3.50. The normalized spacial score (nSPS) is 13.6. The van der Waals surface area contributed by atoms with Crippen LogP contribution < -0.4 is 4.18 Å². The smallest absolute Gasteiger partial charge is 0.306 e. The van der Waals surface area contributed by atoms with Crippen LogP contribution >= 0.6 is 0 Å². The Labute approximate surface area is 83.3 Å². The van der Waals surface area contributed by atoms with Crippen molar-refractivity contribution in [1.29, 1.82) is 0 Å². The van der Waals surface area contributed by atoms with Crippen molar-refractivity contribution in [3.05, 3.63) is 29.8 Å². The van der Waals surface area contributed by atoms with Crippen LogP contribution in [0.1, 0.15) is 18.6 Å². The summed E-state index contributed by atoms with van der Waals surface area (Å²) in [5.41, 5.74) is 0.617. The first-order valence-corrected chi connectivity index (χ1v) is 5.87. The molecule has 0 radical (unpaired) electrons. The minimum absolute atomic E-state index is 0.214. The zero-order chi connectivity index (χ0) is 10.8. The van der Waals surface area contributed by atoms with Gasteiger partial charge in [-0.15, -0.1) is 0 Å². The Hall–Kier alpha value is -1.07. The van der Waals surface area contributed by atoms with E-state index in [1.165, 1.54) is 12.1 Å². The first-order valence-electron chi connectivity index (χ1n) is 4.06. The van der Waals surface area contributed by atoms with Gasteiger partial charge >= 0.3 is 10.1 Å². The fourth-order valence-electron chi connectivity index (χ4n) is 1.00. The molecule has 78 valence electrons. The van der Waals surface area contributed by atoms with Crippen LogP contribution in [0, 0.1) is 0 Å². The van der Waals surface area contributed by atoms with Crippen molar-refractivity contribution < 1.29 is 17.7 Å². The summed E-state index contributed by atoms with van der Waals surface area (Å²) >= 11 is 0. The summed E-state index contributed by atoms with van der Waals surface area (Å²) in [7, 11) is -3.50. The minimum Gasteiger partial charge on any atom is -0.389 e. The molecule has 0 aromatic heterocycles. The largest absolute Gasteiger partial charge is 0.389 e. The average molecular weight is 216 g/mol. The first-order chi connectivity index (χ1) is 6.38. The SMILES string of the molecule is C[C@@H](O)c1cccc(OS(C)(=O)=O)c1. The Kier molecular flexibility index (Phi) is 3.13. The Balaban J connectivity index is 2.95. The third-order valence-electron chi connectivity index (χ3n) is 1.59. The third kappa shape index (κ3) is 3.35. The van der Waals surface area contributed by atoms with Crippen LogP contribution in [0.2, 0.25) is 0 Å². The van der Waals surface area contributed by atoms with Gasteiger partial charge in [-0.1, -0.05) is 12.1 Å². The molecule has 0 aliphatic rings. The van der Waals surface area contributed by atoms with Crippen LogP contribution in [-0.2, 0) is 10.1 Å². The van der Waals surface area contributed by atoms with Crippen LogP contribution in [0.5, 0.6) is 5.75 Å². The third-order valence-corrected chi connectivity index (χ3v) is 2.08. The topological polar surface area (TPSA) is 63.6 Å². The van der Waals surface area contributed by atoms with Crippen molar-refractivity contribution in [3.63, 3.8) is 0 Å². The molecule has 0 aliphatic heterocycles. The molecule has 0 saturated heterocycles. The predicted octanol–water partition coefficient (Wildman–Crippen LogP) is 1.08. The van der Waals surface area contributed by atoms with Gasteiger partial charge in [0, 0.05) is 0 Å². The van der Waals surface area contributed by atoms with Crippen molar-refractivity contribution in [3.8, 4) is 5.75 Å². The molecule has 0 bridgehead atoms. The standard InChI is InChI=1S/C9H12O4S/c1-7(10)8-4-3-5-9(6-8)13-14(2,11)12/h3-7,10H,1-2H3/t7-/m1/s1. The molecule has 1 rings (SSSR count). The molecule has 1 N–H and O–H groups in total. The van der Waals surface area contributed by atoms with E-state index in [4.69, 9.17) is 0 Å². The zero-order valence-electron chi connectivity index (χ0n) is 7.97. The van der Waals surface area contributed by atoms with Crippen molar-refractivity contribution >= 4 is 10.1 Å². The number of aliphatic hydroxyl groups is 1. The first kappa shape index (κ1) is 11.0. The second-order valence-electron chi connectivity index (χ2n) is 3.04. The van der Waals surface area contributed by atoms with E-state index < -0.39 is 16.2 Å². The van der Waals surface area contributed by atoms with Crippen LogP contribution in [0.15, 0.2) is 24.3 Å². The monoisotopic (exact) mass is 216 g/mol. The molecule has 0 aliphatic carbocycles. The zero-order valence-corrected chi connectivity index (χ0v) is 8.78. The summed E-state index contributed by atoms with van der Waals surface area (Å²) < 4.78 is 26.2. The quantitative estimate of drug-likeness (QED) is 0.768. The summed E-state index contributed by atoms with van der Waals surface area (Å²) in [4.78, 5) is 0. The second-order valence-corrected chi connectivity index (χ2v) is 4.61. The van der Waals surface area contributed by atoms with Gasteiger partial charge in [-0.3, -0.25) is 0 Å². The Morgan fingerprint density at radius 3 is 2.57 bits per heavy atom. The Morgan fingerprint density at radius 2 is 2.07 bits per heavy atom. The van der Waals surface area contributed by atoms with Gasteiger partial charge in [0.2, 0.25) is 0 Å². The van der Waals surface area contributed by atoms with Crippen molar-refractivity contribution in [2.45, 2.75) is 13.0 Å². The number of benzene rings is 1. The van der Waals surface area contributed by atoms with Gasteiger partial charge in [0.05, 0.1) is 12.4 Å². The predicted molar refractivity (Wildman–Crippen MR) is 52.5 cm³/mol. The van der Waals surface area contributed by atoms with E-state index in [1.54, 1.807) is 19.1 Å². The molecular formula is C9H12O4S. The molecule has 0 saturated carbocycles. The molecule has 0 fully saturated rings. The second kappa shape index (κ2) is 3.98. The van der Waals surface area contributed by atoms with Gasteiger partial charge in [0.15, 0.2) is 0 Å². The van der Waals surface area contributed by atoms with Gasteiger partial charge in [-0.25, -0.2) is 0 Å². The van der Waals surface area contributed by atoms with Crippen molar-refractivity contribution in [1.82, 2.24) is 0 Å². The maximum atomic E-state index is 10.8. The molecular weight excluding hydrogens is 204 g/mol.